The first-order chi connectivity index (χ1) is 23.6. The molecule has 48 heavy (non-hydrogen) atoms. The number of hydrogen-bond donors (Lipinski definition) is 1. The molecule has 0 heterocycles. The van der Waals surface area contributed by atoms with Crippen molar-refractivity contribution in [1.29, 1.82) is 0 Å². The zero-order chi connectivity index (χ0) is 35.0. The highest BCUT2D eigenvalue weighted by Crippen LogP contribution is 2.19. The van der Waals surface area contributed by atoms with Gasteiger partial charge in [0, 0.05) is 12.8 Å². The lowest BCUT2D eigenvalue weighted by Gasteiger charge is -2.18. The number of carbonyl (C=O) groups excluding carboxylic acids is 1. The number of aliphatic carboxylic acids is 1. The average molecular weight is 673 g/mol. The summed E-state index contributed by atoms with van der Waals surface area (Å²) < 4.78 is 6.01. The molecule has 0 aliphatic heterocycles. The molecule has 0 spiro atoms. The smallest absolute Gasteiger partial charge is 0.306 e. The van der Waals surface area contributed by atoms with Gasteiger partial charge in [-0.1, -0.05) is 179 Å². The third kappa shape index (κ3) is 38.6. The van der Waals surface area contributed by atoms with Crippen molar-refractivity contribution >= 4 is 11.9 Å². The summed E-state index contributed by atoms with van der Waals surface area (Å²) in [6.45, 7) is 4.42. The molecule has 0 saturated heterocycles. The van der Waals surface area contributed by atoms with Gasteiger partial charge in [0.05, 0.1) is 0 Å². The number of hydrogen-bond acceptors (Lipinski definition) is 3. The lowest BCUT2D eigenvalue weighted by atomic mass is 10.0. The van der Waals surface area contributed by atoms with Gasteiger partial charge in [-0.05, 0) is 70.6 Å². The minimum absolute atomic E-state index is 0.0339. The molecule has 1 atom stereocenters. The van der Waals surface area contributed by atoms with E-state index in [9.17, 15) is 9.59 Å². The molecule has 0 aliphatic rings. The molecule has 0 rings (SSSR count). The van der Waals surface area contributed by atoms with Crippen molar-refractivity contribution in [2.75, 3.05) is 0 Å². The largest absolute Gasteiger partial charge is 0.481 e. The van der Waals surface area contributed by atoms with Gasteiger partial charge in [0.2, 0.25) is 0 Å². The summed E-state index contributed by atoms with van der Waals surface area (Å²) in [7, 11) is 0. The standard InChI is InChI=1S/C44H80O4/c1-3-5-7-9-10-11-12-13-14-15-16-17-18-19-24-27-30-33-37-41-44(47)48-42(38-34-8-6-4-2)39-35-31-28-25-22-20-21-23-26-29-32-36-40-43(45)46/h5,7,10-11,13-14,42H,3-4,6,8-9,12,15-41H2,1-2H3,(H,45,46)/b7-5-,11-10-,14-13-. The lowest BCUT2D eigenvalue weighted by Crippen LogP contribution is -2.18. The minimum Gasteiger partial charge on any atom is -0.481 e. The van der Waals surface area contributed by atoms with E-state index in [2.05, 4.69) is 50.3 Å². The van der Waals surface area contributed by atoms with Gasteiger partial charge in [-0.2, -0.15) is 0 Å². The van der Waals surface area contributed by atoms with Crippen LogP contribution in [-0.2, 0) is 14.3 Å². The molecule has 0 bridgehead atoms. The zero-order valence-corrected chi connectivity index (χ0v) is 32.0. The molecule has 0 amide bonds. The van der Waals surface area contributed by atoms with E-state index in [1.807, 2.05) is 0 Å². The van der Waals surface area contributed by atoms with Crippen molar-refractivity contribution in [3.8, 4) is 0 Å². The summed E-state index contributed by atoms with van der Waals surface area (Å²) in [5.41, 5.74) is 0. The predicted octanol–water partition coefficient (Wildman–Crippen LogP) is 14.6. The fourth-order valence-electron chi connectivity index (χ4n) is 6.32. The fraction of sp³-hybridized carbons (Fsp3) is 0.818. The number of esters is 1. The Morgan fingerprint density at radius 1 is 0.479 bits per heavy atom. The van der Waals surface area contributed by atoms with Crippen molar-refractivity contribution in [3.63, 3.8) is 0 Å². The van der Waals surface area contributed by atoms with Crippen LogP contribution in [-0.4, -0.2) is 23.1 Å². The van der Waals surface area contributed by atoms with Gasteiger partial charge < -0.3 is 9.84 Å². The maximum atomic E-state index is 12.6. The van der Waals surface area contributed by atoms with Crippen LogP contribution < -0.4 is 0 Å². The molecule has 1 unspecified atom stereocenters. The third-order valence-electron chi connectivity index (χ3n) is 9.38. The Bertz CT molecular complexity index is 768. The van der Waals surface area contributed by atoms with Gasteiger partial charge in [0.15, 0.2) is 0 Å². The summed E-state index contributed by atoms with van der Waals surface area (Å²) in [6.07, 6.45) is 52.0. The Balaban J connectivity index is 3.77. The van der Waals surface area contributed by atoms with Crippen LogP contribution in [0.25, 0.3) is 0 Å². The number of carboxylic acid groups (broad SMARTS) is 1. The molecule has 4 nitrogen and oxygen atoms in total. The van der Waals surface area contributed by atoms with Gasteiger partial charge in [-0.25, -0.2) is 0 Å². The van der Waals surface area contributed by atoms with Crippen LogP contribution in [0.15, 0.2) is 36.5 Å². The molecule has 0 fully saturated rings. The normalized spacial score (nSPS) is 12.5. The number of carboxylic acids is 1. The van der Waals surface area contributed by atoms with E-state index in [1.54, 1.807) is 0 Å². The van der Waals surface area contributed by atoms with Crippen LogP contribution in [0.3, 0.4) is 0 Å². The lowest BCUT2D eigenvalue weighted by molar-refractivity contribution is -0.150. The molecule has 0 aliphatic carbocycles. The summed E-state index contributed by atoms with van der Waals surface area (Å²) in [5.74, 6) is -0.636. The zero-order valence-electron chi connectivity index (χ0n) is 32.0. The van der Waals surface area contributed by atoms with Crippen molar-refractivity contribution in [2.24, 2.45) is 0 Å². The van der Waals surface area contributed by atoms with Crippen LogP contribution in [0.1, 0.15) is 226 Å². The van der Waals surface area contributed by atoms with Crippen molar-refractivity contribution in [1.82, 2.24) is 0 Å². The van der Waals surface area contributed by atoms with E-state index in [-0.39, 0.29) is 12.1 Å². The average Bonchev–Trinajstić information content (AvgIpc) is 3.07. The van der Waals surface area contributed by atoms with E-state index in [1.165, 1.54) is 141 Å². The molecule has 4 heteroatoms. The second-order valence-corrected chi connectivity index (χ2v) is 14.2. The Hall–Kier alpha value is -1.84. The highest BCUT2D eigenvalue weighted by molar-refractivity contribution is 5.69. The van der Waals surface area contributed by atoms with Crippen LogP contribution in [0.5, 0.6) is 0 Å². The maximum absolute atomic E-state index is 12.6. The molecule has 0 aromatic rings. The van der Waals surface area contributed by atoms with Gasteiger partial charge in [0.25, 0.3) is 0 Å². The number of ether oxygens (including phenoxy) is 1. The van der Waals surface area contributed by atoms with Crippen LogP contribution in [0.2, 0.25) is 0 Å². The van der Waals surface area contributed by atoms with E-state index >= 15 is 0 Å². The van der Waals surface area contributed by atoms with Crippen LogP contribution in [0.4, 0.5) is 0 Å². The molecular formula is C44H80O4. The van der Waals surface area contributed by atoms with E-state index < -0.39 is 5.97 Å². The maximum Gasteiger partial charge on any atom is 0.306 e. The summed E-state index contributed by atoms with van der Waals surface area (Å²) >= 11 is 0. The number of unbranched alkanes of at least 4 members (excludes halogenated alkanes) is 23. The Morgan fingerprint density at radius 3 is 1.35 bits per heavy atom. The topological polar surface area (TPSA) is 63.6 Å². The van der Waals surface area contributed by atoms with Gasteiger partial charge in [0.1, 0.15) is 6.10 Å². The Kier molecular flexibility index (Phi) is 38.1. The summed E-state index contributed by atoms with van der Waals surface area (Å²) in [6, 6.07) is 0. The van der Waals surface area contributed by atoms with E-state index in [0.717, 1.165) is 57.8 Å². The highest BCUT2D eigenvalue weighted by atomic mass is 16.5. The quantitative estimate of drug-likeness (QED) is 0.0403. The first kappa shape index (κ1) is 46.2. The van der Waals surface area contributed by atoms with Gasteiger partial charge >= 0.3 is 11.9 Å². The number of allylic oxidation sites excluding steroid dienone is 6. The van der Waals surface area contributed by atoms with Crippen LogP contribution >= 0.6 is 0 Å². The molecule has 0 saturated carbocycles. The number of rotatable bonds is 38. The molecule has 0 aromatic carbocycles. The van der Waals surface area contributed by atoms with Crippen LogP contribution in [0, 0.1) is 0 Å². The van der Waals surface area contributed by atoms with Crippen molar-refractivity contribution in [3.05, 3.63) is 36.5 Å². The first-order valence-electron chi connectivity index (χ1n) is 21.0. The van der Waals surface area contributed by atoms with Crippen molar-refractivity contribution < 1.29 is 19.4 Å². The molecule has 0 aromatic heterocycles. The Labute approximate surface area is 299 Å². The van der Waals surface area contributed by atoms with Gasteiger partial charge in [-0.3, -0.25) is 9.59 Å². The highest BCUT2D eigenvalue weighted by Gasteiger charge is 2.14. The number of carbonyl (C=O) groups is 2. The predicted molar refractivity (Wildman–Crippen MR) is 209 cm³/mol. The molecule has 280 valence electrons. The second-order valence-electron chi connectivity index (χ2n) is 14.2. The monoisotopic (exact) mass is 673 g/mol. The third-order valence-corrected chi connectivity index (χ3v) is 9.38. The second kappa shape index (κ2) is 39.6. The minimum atomic E-state index is -0.670. The van der Waals surface area contributed by atoms with Gasteiger partial charge in [-0.15, -0.1) is 0 Å². The summed E-state index contributed by atoms with van der Waals surface area (Å²) in [4.78, 5) is 23.2. The fourth-order valence-corrected chi connectivity index (χ4v) is 6.32. The molecular weight excluding hydrogens is 592 g/mol. The Morgan fingerprint density at radius 2 is 0.875 bits per heavy atom. The summed E-state index contributed by atoms with van der Waals surface area (Å²) in [5, 5.41) is 8.69. The molecule has 1 N–H and O–H groups in total. The van der Waals surface area contributed by atoms with E-state index in [4.69, 9.17) is 9.84 Å². The van der Waals surface area contributed by atoms with E-state index in [0.29, 0.717) is 12.8 Å². The first-order valence-corrected chi connectivity index (χ1v) is 21.0. The molecule has 0 radical (unpaired) electrons. The van der Waals surface area contributed by atoms with Crippen molar-refractivity contribution in [2.45, 2.75) is 232 Å². The SMILES string of the molecule is CC/C=C\C/C=C\C/C=C\CCCCCCCCCCCC(=O)OC(CCCCCC)CCCCCCCCCCCCCCC(=O)O.